The summed E-state index contributed by atoms with van der Waals surface area (Å²) in [7, 11) is 1.40. The highest BCUT2D eigenvalue weighted by atomic mass is 19.1. The fourth-order valence-electron chi connectivity index (χ4n) is 1.95. The van der Waals surface area contributed by atoms with Gasteiger partial charge >= 0.3 is 0 Å². The van der Waals surface area contributed by atoms with E-state index in [-0.39, 0.29) is 11.8 Å². The van der Waals surface area contributed by atoms with Gasteiger partial charge in [-0.3, -0.25) is 0 Å². The number of hydrogen-bond acceptors (Lipinski definition) is 3. The van der Waals surface area contributed by atoms with E-state index in [2.05, 4.69) is 5.32 Å². The molecular weight excluding hydrogens is 197 g/mol. The van der Waals surface area contributed by atoms with Crippen LogP contribution in [0.5, 0.6) is 11.5 Å². The van der Waals surface area contributed by atoms with Gasteiger partial charge in [-0.2, -0.15) is 0 Å². The molecule has 2 rings (SSSR count). The van der Waals surface area contributed by atoms with Crippen molar-refractivity contribution in [3.8, 4) is 11.5 Å². The second kappa shape index (κ2) is 4.06. The van der Waals surface area contributed by atoms with E-state index in [1.165, 1.54) is 7.11 Å². The maximum Gasteiger partial charge on any atom is 0.194 e. The third-order valence-electron chi connectivity index (χ3n) is 2.76. The second-order valence-corrected chi connectivity index (χ2v) is 3.67. The molecule has 1 saturated heterocycles. The minimum absolute atomic E-state index is 0.0156. The Bertz CT molecular complexity index is 362. The van der Waals surface area contributed by atoms with Crippen molar-refractivity contribution in [1.82, 2.24) is 5.32 Å². The molecule has 3 nitrogen and oxygen atoms in total. The van der Waals surface area contributed by atoms with Crippen molar-refractivity contribution in [2.45, 2.75) is 18.9 Å². The van der Waals surface area contributed by atoms with Crippen molar-refractivity contribution in [1.29, 1.82) is 0 Å². The first-order valence-corrected chi connectivity index (χ1v) is 5.02. The van der Waals surface area contributed by atoms with Gasteiger partial charge in [0, 0.05) is 11.6 Å². The number of nitrogens with one attached hydrogen (secondary N) is 1. The zero-order chi connectivity index (χ0) is 10.8. The minimum atomic E-state index is -0.575. The van der Waals surface area contributed by atoms with Gasteiger partial charge in [-0.25, -0.2) is 4.39 Å². The number of benzene rings is 1. The van der Waals surface area contributed by atoms with Gasteiger partial charge in [0.1, 0.15) is 0 Å². The number of hydrogen-bond donors (Lipinski definition) is 2. The maximum atomic E-state index is 13.7. The summed E-state index contributed by atoms with van der Waals surface area (Å²) in [4.78, 5) is 0. The first-order chi connectivity index (χ1) is 7.24. The van der Waals surface area contributed by atoms with Crippen LogP contribution in [0.15, 0.2) is 12.1 Å². The molecule has 2 N–H and O–H groups in total. The molecule has 0 aromatic heterocycles. The smallest absolute Gasteiger partial charge is 0.194 e. The fraction of sp³-hybridized carbons (Fsp3) is 0.455. The largest absolute Gasteiger partial charge is 0.502 e. The predicted molar refractivity (Wildman–Crippen MR) is 54.6 cm³/mol. The van der Waals surface area contributed by atoms with Crippen molar-refractivity contribution in [3.63, 3.8) is 0 Å². The lowest BCUT2D eigenvalue weighted by molar-refractivity contribution is 0.353. The van der Waals surface area contributed by atoms with Crippen LogP contribution < -0.4 is 10.1 Å². The third kappa shape index (κ3) is 1.77. The summed E-state index contributed by atoms with van der Waals surface area (Å²) in [6.45, 7) is 0.900. The quantitative estimate of drug-likeness (QED) is 0.785. The van der Waals surface area contributed by atoms with Gasteiger partial charge in [0.15, 0.2) is 17.3 Å². The Kier molecular flexibility index (Phi) is 2.77. The molecule has 1 atom stereocenters. The molecule has 0 spiro atoms. The average Bonchev–Trinajstić information content (AvgIpc) is 2.75. The molecule has 1 aromatic carbocycles. The number of methoxy groups -OCH3 is 1. The van der Waals surface area contributed by atoms with E-state index < -0.39 is 11.6 Å². The van der Waals surface area contributed by atoms with Crippen molar-refractivity contribution in [3.05, 3.63) is 23.5 Å². The highest BCUT2D eigenvalue weighted by Crippen LogP contribution is 2.35. The topological polar surface area (TPSA) is 41.5 Å². The average molecular weight is 211 g/mol. The maximum absolute atomic E-state index is 13.7. The van der Waals surface area contributed by atoms with E-state index in [0.29, 0.717) is 5.56 Å². The molecule has 1 heterocycles. The van der Waals surface area contributed by atoms with E-state index >= 15 is 0 Å². The Morgan fingerprint density at radius 2 is 2.33 bits per heavy atom. The number of rotatable bonds is 2. The lowest BCUT2D eigenvalue weighted by Crippen LogP contribution is -2.14. The molecule has 0 aliphatic carbocycles. The normalized spacial score (nSPS) is 20.5. The highest BCUT2D eigenvalue weighted by Gasteiger charge is 2.22. The van der Waals surface area contributed by atoms with Crippen LogP contribution in [0.1, 0.15) is 24.4 Å². The van der Waals surface area contributed by atoms with E-state index in [1.54, 1.807) is 12.1 Å². The van der Waals surface area contributed by atoms with E-state index in [1.807, 2.05) is 0 Å². The summed E-state index contributed by atoms with van der Waals surface area (Å²) >= 11 is 0. The number of phenolic OH excluding ortho intramolecular Hbond substituents is 1. The summed E-state index contributed by atoms with van der Waals surface area (Å²) in [5, 5.41) is 12.7. The first-order valence-electron chi connectivity index (χ1n) is 5.02. The molecule has 1 aliphatic heterocycles. The molecule has 0 saturated carbocycles. The first kappa shape index (κ1) is 10.2. The molecule has 1 fully saturated rings. The minimum Gasteiger partial charge on any atom is -0.502 e. The Morgan fingerprint density at radius 3 is 2.93 bits per heavy atom. The van der Waals surface area contributed by atoms with Crippen LogP contribution in [0.4, 0.5) is 4.39 Å². The summed E-state index contributed by atoms with van der Waals surface area (Å²) in [5.41, 5.74) is 0.519. The van der Waals surface area contributed by atoms with Gasteiger partial charge in [-0.1, -0.05) is 6.07 Å². The summed E-state index contributed by atoms with van der Waals surface area (Å²) in [6, 6.07) is 3.27. The van der Waals surface area contributed by atoms with E-state index in [0.717, 1.165) is 19.4 Å². The monoisotopic (exact) mass is 211 g/mol. The third-order valence-corrected chi connectivity index (χ3v) is 2.76. The highest BCUT2D eigenvalue weighted by molar-refractivity contribution is 5.44. The number of aromatic hydroxyl groups is 1. The van der Waals surface area contributed by atoms with Crippen LogP contribution in [-0.2, 0) is 0 Å². The SMILES string of the molecule is COc1ccc(C2CCCN2)c(F)c1O. The van der Waals surface area contributed by atoms with Gasteiger partial charge in [0.25, 0.3) is 0 Å². The zero-order valence-corrected chi connectivity index (χ0v) is 8.59. The Labute approximate surface area is 87.9 Å². The molecule has 1 aliphatic rings. The molecule has 4 heteroatoms. The van der Waals surface area contributed by atoms with Crippen LogP contribution in [-0.4, -0.2) is 18.8 Å². The lowest BCUT2D eigenvalue weighted by Gasteiger charge is -2.13. The molecule has 1 aromatic rings. The number of halogens is 1. The molecule has 0 bridgehead atoms. The summed E-state index contributed by atoms with van der Waals surface area (Å²) in [6.07, 6.45) is 1.94. The molecule has 0 amide bonds. The van der Waals surface area contributed by atoms with Crippen molar-refractivity contribution in [2.75, 3.05) is 13.7 Å². The summed E-state index contributed by atoms with van der Waals surface area (Å²) < 4.78 is 18.6. The molecule has 15 heavy (non-hydrogen) atoms. The van der Waals surface area contributed by atoms with Crippen molar-refractivity contribution < 1.29 is 14.2 Å². The van der Waals surface area contributed by atoms with Gasteiger partial charge in [-0.05, 0) is 25.5 Å². The second-order valence-electron chi connectivity index (χ2n) is 3.67. The van der Waals surface area contributed by atoms with Gasteiger partial charge in [0.05, 0.1) is 7.11 Å². The molecular formula is C11H14FNO2. The van der Waals surface area contributed by atoms with E-state index in [9.17, 15) is 9.50 Å². The lowest BCUT2D eigenvalue weighted by atomic mass is 10.0. The van der Waals surface area contributed by atoms with Gasteiger partial charge in [-0.15, -0.1) is 0 Å². The fourth-order valence-corrected chi connectivity index (χ4v) is 1.95. The van der Waals surface area contributed by atoms with Crippen molar-refractivity contribution in [2.24, 2.45) is 0 Å². The Hall–Kier alpha value is -1.29. The van der Waals surface area contributed by atoms with Crippen LogP contribution in [0.3, 0.4) is 0 Å². The van der Waals surface area contributed by atoms with E-state index in [4.69, 9.17) is 4.74 Å². The molecule has 82 valence electrons. The predicted octanol–water partition coefficient (Wildman–Crippen LogP) is 1.96. The zero-order valence-electron chi connectivity index (χ0n) is 8.59. The van der Waals surface area contributed by atoms with Crippen LogP contribution in [0.2, 0.25) is 0 Å². The Morgan fingerprint density at radius 1 is 1.53 bits per heavy atom. The number of ether oxygens (including phenoxy) is 1. The van der Waals surface area contributed by atoms with Crippen LogP contribution >= 0.6 is 0 Å². The molecule has 0 radical (unpaired) electrons. The number of phenols is 1. The van der Waals surface area contributed by atoms with Gasteiger partial charge in [0.2, 0.25) is 0 Å². The molecule has 1 unspecified atom stereocenters. The Balaban J connectivity index is 2.36. The van der Waals surface area contributed by atoms with Gasteiger partial charge < -0.3 is 15.2 Å². The standard InChI is InChI=1S/C11H14FNO2/c1-15-9-5-4-7(10(12)11(9)14)8-3-2-6-13-8/h4-5,8,13-14H,2-3,6H2,1H3. The van der Waals surface area contributed by atoms with Crippen LogP contribution in [0.25, 0.3) is 0 Å². The van der Waals surface area contributed by atoms with Crippen molar-refractivity contribution >= 4 is 0 Å². The summed E-state index contributed by atoms with van der Waals surface area (Å²) in [5.74, 6) is -0.799. The van der Waals surface area contributed by atoms with Crippen LogP contribution in [0, 0.1) is 5.82 Å².